The molecule has 6 nitrogen and oxygen atoms in total. The lowest BCUT2D eigenvalue weighted by Crippen LogP contribution is -2.52. The highest BCUT2D eigenvalue weighted by atomic mass is 16.5. The number of benzene rings is 1. The number of hydrogen-bond donors (Lipinski definition) is 1. The van der Waals surface area contributed by atoms with E-state index < -0.39 is 0 Å². The monoisotopic (exact) mass is 338 g/mol. The molecule has 4 rings (SSSR count). The smallest absolute Gasteiger partial charge is 0.318 e. The molecule has 0 spiro atoms. The second-order valence-electron chi connectivity index (χ2n) is 6.44. The summed E-state index contributed by atoms with van der Waals surface area (Å²) in [5.74, 6) is 0.869. The van der Waals surface area contributed by atoms with Crippen LogP contribution >= 0.6 is 0 Å². The number of carbonyl (C=O) groups excluding carboxylic acids is 1. The highest BCUT2D eigenvalue weighted by Gasteiger charge is 2.28. The number of nitrogens with zero attached hydrogens (tertiary/aromatic N) is 3. The summed E-state index contributed by atoms with van der Waals surface area (Å²) in [5, 5.41) is 3.10. The molecule has 1 unspecified atom stereocenters. The Morgan fingerprint density at radius 1 is 1.12 bits per heavy atom. The van der Waals surface area contributed by atoms with Crippen LogP contribution in [0.3, 0.4) is 0 Å². The molecule has 1 aromatic heterocycles. The Morgan fingerprint density at radius 2 is 1.92 bits per heavy atom. The van der Waals surface area contributed by atoms with E-state index in [1.54, 1.807) is 0 Å². The van der Waals surface area contributed by atoms with Crippen LogP contribution in [0.1, 0.15) is 17.3 Å². The maximum Gasteiger partial charge on any atom is 0.318 e. The highest BCUT2D eigenvalue weighted by Crippen LogP contribution is 2.31. The summed E-state index contributed by atoms with van der Waals surface area (Å²) in [6.45, 7) is 4.52. The number of ether oxygens (including phenoxy) is 1. The van der Waals surface area contributed by atoms with Crippen molar-refractivity contribution in [2.24, 2.45) is 0 Å². The topological polar surface area (TPSA) is 57.7 Å². The molecule has 0 radical (unpaired) electrons. The molecule has 6 heteroatoms. The quantitative estimate of drug-likeness (QED) is 0.930. The maximum absolute atomic E-state index is 12.6. The Balaban J connectivity index is 1.29. The molecule has 1 saturated heterocycles. The lowest BCUT2D eigenvalue weighted by Gasteiger charge is -2.35. The third-order valence-electron chi connectivity index (χ3n) is 4.77. The van der Waals surface area contributed by atoms with E-state index in [9.17, 15) is 4.79 Å². The number of rotatable bonds is 3. The van der Waals surface area contributed by atoms with Crippen LogP contribution in [0.4, 0.5) is 4.79 Å². The van der Waals surface area contributed by atoms with Gasteiger partial charge in [0, 0.05) is 44.5 Å². The molecule has 1 fully saturated rings. The molecule has 130 valence electrons. The molecule has 0 saturated carbocycles. The number of fused-ring (bicyclic) bond motifs is 1. The summed E-state index contributed by atoms with van der Waals surface area (Å²) in [6.07, 6.45) is 1.82. The highest BCUT2D eigenvalue weighted by molar-refractivity contribution is 5.75. The Morgan fingerprint density at radius 3 is 2.72 bits per heavy atom. The van der Waals surface area contributed by atoms with Crippen molar-refractivity contribution in [3.63, 3.8) is 0 Å². The lowest BCUT2D eigenvalue weighted by molar-refractivity contribution is 0.131. The number of para-hydroxylation sites is 1. The summed E-state index contributed by atoms with van der Waals surface area (Å²) >= 11 is 0. The number of piperazine rings is 1. The molecule has 3 heterocycles. The zero-order valence-corrected chi connectivity index (χ0v) is 14.1. The minimum absolute atomic E-state index is 0.0113. The van der Waals surface area contributed by atoms with Gasteiger partial charge in [0.1, 0.15) is 12.4 Å². The van der Waals surface area contributed by atoms with Gasteiger partial charge >= 0.3 is 6.03 Å². The fraction of sp³-hybridized carbons (Fsp3) is 0.368. The lowest BCUT2D eigenvalue weighted by atomic mass is 10.1. The molecule has 2 aromatic rings. The second kappa shape index (κ2) is 7.11. The fourth-order valence-corrected chi connectivity index (χ4v) is 3.35. The van der Waals surface area contributed by atoms with Crippen LogP contribution in [0.25, 0.3) is 0 Å². The van der Waals surface area contributed by atoms with E-state index in [-0.39, 0.29) is 12.1 Å². The molecule has 0 bridgehead atoms. The van der Waals surface area contributed by atoms with Gasteiger partial charge in [0.05, 0.1) is 11.7 Å². The van der Waals surface area contributed by atoms with Crippen molar-refractivity contribution in [1.29, 1.82) is 0 Å². The number of pyridine rings is 1. The van der Waals surface area contributed by atoms with Crippen molar-refractivity contribution in [2.75, 3.05) is 32.8 Å². The fourth-order valence-electron chi connectivity index (χ4n) is 3.35. The first-order chi connectivity index (χ1) is 12.3. The number of nitrogens with one attached hydrogen (secondary N) is 1. The van der Waals surface area contributed by atoms with Crippen LogP contribution in [0, 0.1) is 0 Å². The first-order valence-electron chi connectivity index (χ1n) is 8.69. The van der Waals surface area contributed by atoms with Crippen molar-refractivity contribution in [3.8, 4) is 5.75 Å². The van der Waals surface area contributed by atoms with Gasteiger partial charge in [-0.3, -0.25) is 9.88 Å². The minimum Gasteiger partial charge on any atom is -0.491 e. The summed E-state index contributed by atoms with van der Waals surface area (Å²) in [6, 6.07) is 13.8. The van der Waals surface area contributed by atoms with Crippen molar-refractivity contribution in [1.82, 2.24) is 20.1 Å². The molecule has 2 aliphatic heterocycles. The Kier molecular flexibility index (Phi) is 4.52. The van der Waals surface area contributed by atoms with Crippen molar-refractivity contribution in [2.45, 2.75) is 12.6 Å². The van der Waals surface area contributed by atoms with Crippen molar-refractivity contribution in [3.05, 3.63) is 59.9 Å². The largest absolute Gasteiger partial charge is 0.491 e. The van der Waals surface area contributed by atoms with Crippen LogP contribution in [-0.4, -0.2) is 53.6 Å². The van der Waals surface area contributed by atoms with Crippen molar-refractivity contribution < 1.29 is 9.53 Å². The van der Waals surface area contributed by atoms with Gasteiger partial charge in [-0.15, -0.1) is 0 Å². The van der Waals surface area contributed by atoms with Gasteiger partial charge in [-0.05, 0) is 18.2 Å². The van der Waals surface area contributed by atoms with Gasteiger partial charge in [0.25, 0.3) is 0 Å². The molecular weight excluding hydrogens is 316 g/mol. The molecule has 2 aliphatic rings. The van der Waals surface area contributed by atoms with E-state index in [1.165, 1.54) is 0 Å². The van der Waals surface area contributed by atoms with Gasteiger partial charge in [0.15, 0.2) is 0 Å². The van der Waals surface area contributed by atoms with E-state index in [4.69, 9.17) is 4.74 Å². The van der Waals surface area contributed by atoms with Gasteiger partial charge in [-0.1, -0.05) is 24.3 Å². The molecule has 25 heavy (non-hydrogen) atoms. The van der Waals surface area contributed by atoms with E-state index >= 15 is 0 Å². The zero-order chi connectivity index (χ0) is 17.1. The van der Waals surface area contributed by atoms with Crippen LogP contribution in [-0.2, 0) is 6.54 Å². The van der Waals surface area contributed by atoms with E-state index in [0.717, 1.165) is 49.7 Å². The summed E-state index contributed by atoms with van der Waals surface area (Å²) in [7, 11) is 0. The van der Waals surface area contributed by atoms with Gasteiger partial charge in [0.2, 0.25) is 0 Å². The normalized spacial score (nSPS) is 20.0. The number of amides is 2. The summed E-state index contributed by atoms with van der Waals surface area (Å²) in [5.41, 5.74) is 2.13. The molecule has 1 aromatic carbocycles. The number of hydrogen-bond acceptors (Lipinski definition) is 4. The molecule has 2 amide bonds. The van der Waals surface area contributed by atoms with Gasteiger partial charge in [-0.2, -0.15) is 0 Å². The summed E-state index contributed by atoms with van der Waals surface area (Å²) in [4.78, 5) is 21.1. The van der Waals surface area contributed by atoms with Crippen LogP contribution < -0.4 is 10.1 Å². The Labute approximate surface area is 147 Å². The third kappa shape index (κ3) is 3.58. The molecule has 1 atom stereocenters. The number of urea groups is 1. The predicted molar refractivity (Wildman–Crippen MR) is 94.3 cm³/mol. The minimum atomic E-state index is -0.0600. The number of carbonyl (C=O) groups is 1. The van der Waals surface area contributed by atoms with Crippen LogP contribution in [0.2, 0.25) is 0 Å². The Bertz CT molecular complexity index is 729. The van der Waals surface area contributed by atoms with Gasteiger partial charge < -0.3 is 15.0 Å². The average molecular weight is 338 g/mol. The van der Waals surface area contributed by atoms with E-state index in [2.05, 4.69) is 15.2 Å². The third-order valence-corrected chi connectivity index (χ3v) is 4.77. The Hall–Kier alpha value is -2.60. The summed E-state index contributed by atoms with van der Waals surface area (Å²) < 4.78 is 5.63. The van der Waals surface area contributed by atoms with Crippen molar-refractivity contribution >= 4 is 6.03 Å². The number of aromatic nitrogens is 1. The van der Waals surface area contributed by atoms with E-state index in [1.807, 2.05) is 53.6 Å². The zero-order valence-electron chi connectivity index (χ0n) is 14.1. The van der Waals surface area contributed by atoms with E-state index in [0.29, 0.717) is 6.61 Å². The standard InChI is InChI=1S/C19H22N4O2/c24-19(21-17-14-25-18-7-2-1-6-16(17)18)23-11-9-22(10-12-23)13-15-5-3-4-8-20-15/h1-8,17H,9-14H2,(H,21,24). The average Bonchev–Trinajstić information content (AvgIpc) is 3.06. The molecular formula is C19H22N4O2. The van der Waals surface area contributed by atoms with Crippen LogP contribution in [0.5, 0.6) is 5.75 Å². The first-order valence-corrected chi connectivity index (χ1v) is 8.69. The molecule has 0 aliphatic carbocycles. The maximum atomic E-state index is 12.6. The predicted octanol–water partition coefficient (Wildman–Crippen LogP) is 2.04. The second-order valence-corrected chi connectivity index (χ2v) is 6.44. The first kappa shape index (κ1) is 15.9. The van der Waals surface area contributed by atoms with Crippen LogP contribution in [0.15, 0.2) is 48.7 Å². The molecule has 1 N–H and O–H groups in total. The SMILES string of the molecule is O=C(NC1COc2ccccc21)N1CCN(Cc2ccccn2)CC1. The van der Waals surface area contributed by atoms with Gasteiger partial charge in [-0.25, -0.2) is 4.79 Å².